The van der Waals surface area contributed by atoms with Crippen LogP contribution in [0.25, 0.3) is 0 Å². The highest BCUT2D eigenvalue weighted by Crippen LogP contribution is 2.24. The predicted octanol–water partition coefficient (Wildman–Crippen LogP) is 4.87. The summed E-state index contributed by atoms with van der Waals surface area (Å²) >= 11 is 3.37. The van der Waals surface area contributed by atoms with Gasteiger partial charge in [0.2, 0.25) is 0 Å². The van der Waals surface area contributed by atoms with E-state index >= 15 is 0 Å². The van der Waals surface area contributed by atoms with Gasteiger partial charge in [0.1, 0.15) is 5.82 Å². The molecule has 0 saturated heterocycles. The minimum Gasteiger partial charge on any atom is -0.304 e. The summed E-state index contributed by atoms with van der Waals surface area (Å²) in [6, 6.07) is 14.4. The molecule has 0 spiro atoms. The molecular formula is C17H16BrFN2. The van der Waals surface area contributed by atoms with Gasteiger partial charge in [0.15, 0.2) is 0 Å². The molecule has 108 valence electrons. The van der Waals surface area contributed by atoms with Crippen molar-refractivity contribution in [3.63, 3.8) is 0 Å². The topological polar surface area (TPSA) is 35.8 Å². The first kappa shape index (κ1) is 15.7. The lowest BCUT2D eigenvalue weighted by molar-refractivity contribution is 0.474. The van der Waals surface area contributed by atoms with E-state index in [1.54, 1.807) is 24.3 Å². The summed E-state index contributed by atoms with van der Waals surface area (Å²) in [5.74, 6) is -0.217. The largest absolute Gasteiger partial charge is 0.304 e. The molecule has 2 aromatic carbocycles. The van der Waals surface area contributed by atoms with Crippen LogP contribution in [0.3, 0.4) is 0 Å². The van der Waals surface area contributed by atoms with E-state index in [9.17, 15) is 4.39 Å². The fourth-order valence-electron chi connectivity index (χ4n) is 2.25. The third kappa shape index (κ3) is 3.90. The highest BCUT2D eigenvalue weighted by molar-refractivity contribution is 9.10. The lowest BCUT2D eigenvalue weighted by Crippen LogP contribution is -2.23. The van der Waals surface area contributed by atoms with E-state index in [-0.39, 0.29) is 17.9 Å². The number of rotatable bonds is 4. The zero-order valence-electron chi connectivity index (χ0n) is 11.9. The second-order valence-electron chi connectivity index (χ2n) is 5.01. The number of nitriles is 1. The molecule has 0 amide bonds. The summed E-state index contributed by atoms with van der Waals surface area (Å²) in [5, 5.41) is 12.2. The van der Waals surface area contributed by atoms with E-state index in [1.165, 1.54) is 6.07 Å². The third-order valence-electron chi connectivity index (χ3n) is 3.46. The molecule has 0 aliphatic rings. The second kappa shape index (κ2) is 6.84. The number of nitrogens with one attached hydrogen (secondary N) is 1. The maximum absolute atomic E-state index is 13.9. The highest BCUT2D eigenvalue weighted by atomic mass is 79.9. The molecule has 1 N–H and O–H groups in total. The van der Waals surface area contributed by atoms with Crippen molar-refractivity contribution in [3.8, 4) is 6.07 Å². The second-order valence-corrected chi connectivity index (χ2v) is 5.93. The SMILES string of the molecule is CC(NC(C)c1cc(Br)ccc1F)c1ccc(C#N)cc1. The van der Waals surface area contributed by atoms with Gasteiger partial charge in [0.25, 0.3) is 0 Å². The van der Waals surface area contributed by atoms with Crippen molar-refractivity contribution in [1.29, 1.82) is 5.26 Å². The Bertz CT molecular complexity index is 661. The van der Waals surface area contributed by atoms with Crippen LogP contribution in [-0.4, -0.2) is 0 Å². The van der Waals surface area contributed by atoms with Gasteiger partial charge in [-0.2, -0.15) is 5.26 Å². The number of hydrogen-bond acceptors (Lipinski definition) is 2. The molecule has 21 heavy (non-hydrogen) atoms. The van der Waals surface area contributed by atoms with Gasteiger partial charge in [-0.25, -0.2) is 4.39 Å². The molecule has 0 radical (unpaired) electrons. The third-order valence-corrected chi connectivity index (χ3v) is 3.96. The molecule has 0 aliphatic heterocycles. The van der Waals surface area contributed by atoms with Gasteiger partial charge in [0.05, 0.1) is 11.6 Å². The van der Waals surface area contributed by atoms with Crippen molar-refractivity contribution in [1.82, 2.24) is 5.32 Å². The first-order chi connectivity index (χ1) is 10.0. The molecule has 0 aliphatic carbocycles. The number of benzene rings is 2. The van der Waals surface area contributed by atoms with Crippen molar-refractivity contribution in [2.24, 2.45) is 0 Å². The normalized spacial score (nSPS) is 13.5. The molecule has 4 heteroatoms. The fourth-order valence-corrected chi connectivity index (χ4v) is 2.63. The van der Waals surface area contributed by atoms with Crippen LogP contribution in [0, 0.1) is 17.1 Å². The zero-order chi connectivity index (χ0) is 15.4. The van der Waals surface area contributed by atoms with Crippen LogP contribution in [0.15, 0.2) is 46.9 Å². The van der Waals surface area contributed by atoms with Gasteiger partial charge in [-0.1, -0.05) is 28.1 Å². The van der Waals surface area contributed by atoms with Crippen LogP contribution in [-0.2, 0) is 0 Å². The zero-order valence-corrected chi connectivity index (χ0v) is 13.5. The lowest BCUT2D eigenvalue weighted by Gasteiger charge is -2.21. The number of halogens is 2. The van der Waals surface area contributed by atoms with E-state index in [2.05, 4.69) is 27.3 Å². The van der Waals surface area contributed by atoms with Crippen LogP contribution >= 0.6 is 15.9 Å². The van der Waals surface area contributed by atoms with Gasteiger partial charge in [0, 0.05) is 22.1 Å². The quantitative estimate of drug-likeness (QED) is 0.856. The summed E-state index contributed by atoms with van der Waals surface area (Å²) < 4.78 is 14.7. The van der Waals surface area contributed by atoms with Crippen molar-refractivity contribution in [3.05, 3.63) is 69.4 Å². The molecule has 0 bridgehead atoms. The van der Waals surface area contributed by atoms with Gasteiger partial charge in [-0.05, 0) is 49.7 Å². The predicted molar refractivity (Wildman–Crippen MR) is 85.2 cm³/mol. The molecule has 0 saturated carbocycles. The summed E-state index contributed by atoms with van der Waals surface area (Å²) in [4.78, 5) is 0. The van der Waals surface area contributed by atoms with Gasteiger partial charge >= 0.3 is 0 Å². The summed E-state index contributed by atoms with van der Waals surface area (Å²) in [6.45, 7) is 3.96. The first-order valence-corrected chi connectivity index (χ1v) is 7.51. The van der Waals surface area contributed by atoms with Crippen molar-refractivity contribution in [2.75, 3.05) is 0 Å². The Morgan fingerprint density at radius 1 is 1.10 bits per heavy atom. The Balaban J connectivity index is 2.12. The van der Waals surface area contributed by atoms with Crippen LogP contribution in [0.1, 0.15) is 42.6 Å². The maximum Gasteiger partial charge on any atom is 0.128 e. The smallest absolute Gasteiger partial charge is 0.128 e. The standard InChI is InChI=1S/C17H16BrFN2/c1-11(14-5-3-13(10-20)4-6-14)21-12(2)16-9-15(18)7-8-17(16)19/h3-9,11-12,21H,1-2H3. The Kier molecular flexibility index (Phi) is 5.11. The Morgan fingerprint density at radius 3 is 2.38 bits per heavy atom. The summed E-state index contributed by atoms with van der Waals surface area (Å²) in [5.41, 5.74) is 2.33. The van der Waals surface area contributed by atoms with Crippen molar-refractivity contribution < 1.29 is 4.39 Å². The van der Waals surface area contributed by atoms with E-state index in [4.69, 9.17) is 5.26 Å². The van der Waals surface area contributed by atoms with E-state index in [1.807, 2.05) is 26.0 Å². The van der Waals surface area contributed by atoms with Crippen LogP contribution < -0.4 is 5.32 Å². The lowest BCUT2D eigenvalue weighted by atomic mass is 10.0. The highest BCUT2D eigenvalue weighted by Gasteiger charge is 2.14. The Labute approximate surface area is 132 Å². The van der Waals surface area contributed by atoms with Crippen LogP contribution in [0.5, 0.6) is 0 Å². The molecule has 2 atom stereocenters. The first-order valence-electron chi connectivity index (χ1n) is 6.72. The molecular weight excluding hydrogens is 331 g/mol. The molecule has 2 aromatic rings. The van der Waals surface area contributed by atoms with Crippen LogP contribution in [0.2, 0.25) is 0 Å². The number of nitrogens with zero attached hydrogens (tertiary/aromatic N) is 1. The minimum absolute atomic E-state index is 0.0612. The van der Waals surface area contributed by atoms with Crippen molar-refractivity contribution >= 4 is 15.9 Å². The molecule has 2 rings (SSSR count). The molecule has 2 unspecified atom stereocenters. The Hall–Kier alpha value is -1.70. The van der Waals surface area contributed by atoms with Crippen molar-refractivity contribution in [2.45, 2.75) is 25.9 Å². The van der Waals surface area contributed by atoms with Gasteiger partial charge < -0.3 is 5.32 Å². The summed E-state index contributed by atoms with van der Waals surface area (Å²) in [6.07, 6.45) is 0. The summed E-state index contributed by atoms with van der Waals surface area (Å²) in [7, 11) is 0. The van der Waals surface area contributed by atoms with E-state index in [0.717, 1.165) is 10.0 Å². The van der Waals surface area contributed by atoms with E-state index in [0.29, 0.717) is 11.1 Å². The maximum atomic E-state index is 13.9. The monoisotopic (exact) mass is 346 g/mol. The fraction of sp³-hybridized carbons (Fsp3) is 0.235. The average Bonchev–Trinajstić information content (AvgIpc) is 2.49. The molecule has 0 aromatic heterocycles. The van der Waals surface area contributed by atoms with E-state index < -0.39 is 0 Å². The van der Waals surface area contributed by atoms with Crippen LogP contribution in [0.4, 0.5) is 4.39 Å². The van der Waals surface area contributed by atoms with Gasteiger partial charge in [-0.15, -0.1) is 0 Å². The minimum atomic E-state index is -0.217. The molecule has 0 fully saturated rings. The van der Waals surface area contributed by atoms with Gasteiger partial charge in [-0.3, -0.25) is 0 Å². The Morgan fingerprint density at radius 2 is 1.76 bits per heavy atom. The average molecular weight is 347 g/mol. The number of hydrogen-bond donors (Lipinski definition) is 1. The molecule has 0 heterocycles. The molecule has 2 nitrogen and oxygen atoms in total.